The Bertz CT molecular complexity index is 483. The molecule has 6 heteroatoms. The lowest BCUT2D eigenvalue weighted by atomic mass is 10.1. The minimum absolute atomic E-state index is 0.000671. The van der Waals surface area contributed by atoms with Crippen molar-refractivity contribution in [3.63, 3.8) is 0 Å². The fourth-order valence-electron chi connectivity index (χ4n) is 2.21. The molecule has 1 fully saturated rings. The minimum Gasteiger partial charge on any atom is -0.479 e. The van der Waals surface area contributed by atoms with E-state index < -0.39 is 12.1 Å². The summed E-state index contributed by atoms with van der Waals surface area (Å²) >= 11 is 3.34. The van der Waals surface area contributed by atoms with Crippen LogP contribution < -0.4 is 0 Å². The van der Waals surface area contributed by atoms with Crippen LogP contribution in [-0.4, -0.2) is 41.8 Å². The molecule has 104 valence electrons. The average Bonchev–Trinajstić information content (AvgIpc) is 2.38. The van der Waals surface area contributed by atoms with Crippen LogP contribution in [0.1, 0.15) is 18.5 Å². The van der Waals surface area contributed by atoms with Crippen LogP contribution >= 0.6 is 15.9 Å². The van der Waals surface area contributed by atoms with E-state index in [1.165, 1.54) is 12.1 Å². The van der Waals surface area contributed by atoms with Gasteiger partial charge in [-0.15, -0.1) is 0 Å². The Balaban J connectivity index is 2.14. The number of carboxylic acid groups (broad SMARTS) is 1. The van der Waals surface area contributed by atoms with Crippen LogP contribution in [0, 0.1) is 5.82 Å². The summed E-state index contributed by atoms with van der Waals surface area (Å²) in [6.07, 6.45) is -0.796. The first-order chi connectivity index (χ1) is 8.99. The fraction of sp³-hybridized carbons (Fsp3) is 0.462. The fourth-order valence-corrected chi connectivity index (χ4v) is 2.89. The molecular formula is C13H15BrFNO3. The zero-order valence-corrected chi connectivity index (χ0v) is 12.1. The van der Waals surface area contributed by atoms with Crippen molar-refractivity contribution < 1.29 is 19.0 Å². The monoisotopic (exact) mass is 331 g/mol. The lowest BCUT2D eigenvalue weighted by Crippen LogP contribution is -2.46. The molecule has 0 saturated carbocycles. The Morgan fingerprint density at radius 1 is 1.63 bits per heavy atom. The van der Waals surface area contributed by atoms with Crippen LogP contribution in [0.5, 0.6) is 0 Å². The first-order valence-electron chi connectivity index (χ1n) is 6.02. The first-order valence-corrected chi connectivity index (χ1v) is 6.81. The van der Waals surface area contributed by atoms with Crippen molar-refractivity contribution in [1.82, 2.24) is 4.90 Å². The molecule has 1 aliphatic heterocycles. The summed E-state index contributed by atoms with van der Waals surface area (Å²) < 4.78 is 19.0. The zero-order valence-electron chi connectivity index (χ0n) is 10.5. The number of carbonyl (C=O) groups is 1. The van der Waals surface area contributed by atoms with E-state index in [4.69, 9.17) is 9.84 Å². The van der Waals surface area contributed by atoms with Gasteiger partial charge in [0.15, 0.2) is 6.10 Å². The predicted octanol–water partition coefficient (Wildman–Crippen LogP) is 2.43. The van der Waals surface area contributed by atoms with Crippen LogP contribution in [-0.2, 0) is 9.53 Å². The summed E-state index contributed by atoms with van der Waals surface area (Å²) in [4.78, 5) is 13.0. The van der Waals surface area contributed by atoms with Crippen molar-refractivity contribution in [1.29, 1.82) is 0 Å². The van der Waals surface area contributed by atoms with Crippen LogP contribution in [0.25, 0.3) is 0 Å². The van der Waals surface area contributed by atoms with Gasteiger partial charge in [0.25, 0.3) is 0 Å². The third-order valence-corrected chi connectivity index (χ3v) is 4.02. The molecule has 1 aliphatic rings. The number of benzene rings is 1. The van der Waals surface area contributed by atoms with Gasteiger partial charge < -0.3 is 9.84 Å². The highest BCUT2D eigenvalue weighted by atomic mass is 79.9. The highest BCUT2D eigenvalue weighted by Gasteiger charge is 2.29. The minimum atomic E-state index is -0.949. The SMILES string of the molecule is CC(c1ccc(F)cc1Br)N1CCOC(C(=O)O)C1. The number of hydrogen-bond donors (Lipinski definition) is 1. The van der Waals surface area contributed by atoms with E-state index in [1.807, 2.05) is 11.8 Å². The van der Waals surface area contributed by atoms with Crippen molar-refractivity contribution in [2.24, 2.45) is 0 Å². The van der Waals surface area contributed by atoms with Crippen LogP contribution in [0.4, 0.5) is 4.39 Å². The lowest BCUT2D eigenvalue weighted by molar-refractivity contribution is -0.157. The number of carboxylic acids is 1. The number of hydrogen-bond acceptors (Lipinski definition) is 3. The number of nitrogens with zero attached hydrogens (tertiary/aromatic N) is 1. The van der Waals surface area contributed by atoms with Crippen molar-refractivity contribution in [2.45, 2.75) is 19.1 Å². The molecular weight excluding hydrogens is 317 g/mol. The van der Waals surface area contributed by atoms with E-state index in [0.29, 0.717) is 24.2 Å². The van der Waals surface area contributed by atoms with Gasteiger partial charge in [-0.25, -0.2) is 9.18 Å². The van der Waals surface area contributed by atoms with E-state index in [9.17, 15) is 9.18 Å². The van der Waals surface area contributed by atoms with E-state index in [-0.39, 0.29) is 11.9 Å². The topological polar surface area (TPSA) is 49.8 Å². The van der Waals surface area contributed by atoms with Gasteiger partial charge >= 0.3 is 5.97 Å². The van der Waals surface area contributed by atoms with Gasteiger partial charge in [-0.2, -0.15) is 0 Å². The van der Waals surface area contributed by atoms with Crippen LogP contribution in [0.2, 0.25) is 0 Å². The van der Waals surface area contributed by atoms with Gasteiger partial charge in [-0.05, 0) is 24.6 Å². The van der Waals surface area contributed by atoms with Crippen LogP contribution in [0.15, 0.2) is 22.7 Å². The van der Waals surface area contributed by atoms with Gasteiger partial charge in [0.2, 0.25) is 0 Å². The predicted molar refractivity (Wildman–Crippen MR) is 71.5 cm³/mol. The number of morpholine rings is 1. The molecule has 19 heavy (non-hydrogen) atoms. The molecule has 2 unspecified atom stereocenters. The van der Waals surface area contributed by atoms with Gasteiger partial charge in [0.1, 0.15) is 5.82 Å². The largest absolute Gasteiger partial charge is 0.479 e. The van der Waals surface area contributed by atoms with Crippen molar-refractivity contribution >= 4 is 21.9 Å². The molecule has 1 saturated heterocycles. The Hall–Kier alpha value is -0.980. The highest BCUT2D eigenvalue weighted by Crippen LogP contribution is 2.29. The molecule has 0 radical (unpaired) electrons. The van der Waals surface area contributed by atoms with Crippen molar-refractivity contribution in [3.05, 3.63) is 34.1 Å². The molecule has 1 aromatic carbocycles. The summed E-state index contributed by atoms with van der Waals surface area (Å²) in [5.74, 6) is -1.25. The van der Waals surface area contributed by atoms with Gasteiger partial charge in [-0.1, -0.05) is 22.0 Å². The second kappa shape index (κ2) is 5.98. The van der Waals surface area contributed by atoms with Gasteiger partial charge in [-0.3, -0.25) is 4.90 Å². The normalized spacial score (nSPS) is 22.2. The van der Waals surface area contributed by atoms with E-state index >= 15 is 0 Å². The third-order valence-electron chi connectivity index (χ3n) is 3.33. The second-order valence-corrected chi connectivity index (χ2v) is 5.39. The molecule has 0 spiro atoms. The van der Waals surface area contributed by atoms with E-state index in [2.05, 4.69) is 15.9 Å². The maximum Gasteiger partial charge on any atom is 0.334 e. The first kappa shape index (κ1) is 14.4. The zero-order chi connectivity index (χ0) is 14.0. The molecule has 0 aliphatic carbocycles. The summed E-state index contributed by atoms with van der Waals surface area (Å²) in [6, 6.07) is 4.54. The molecule has 1 aromatic rings. The maximum atomic E-state index is 13.1. The number of halogens is 2. The summed E-state index contributed by atoms with van der Waals surface area (Å²) in [6.45, 7) is 3.36. The summed E-state index contributed by atoms with van der Waals surface area (Å²) in [5, 5.41) is 8.99. The molecule has 1 heterocycles. The van der Waals surface area contributed by atoms with Gasteiger partial charge in [0.05, 0.1) is 6.61 Å². The van der Waals surface area contributed by atoms with Crippen LogP contribution in [0.3, 0.4) is 0 Å². The molecule has 0 aromatic heterocycles. The van der Waals surface area contributed by atoms with E-state index in [1.54, 1.807) is 6.07 Å². The Morgan fingerprint density at radius 2 is 2.37 bits per heavy atom. The van der Waals surface area contributed by atoms with Crippen molar-refractivity contribution in [3.8, 4) is 0 Å². The van der Waals surface area contributed by atoms with Crippen molar-refractivity contribution in [2.75, 3.05) is 19.7 Å². The Kier molecular flexibility index (Phi) is 4.54. The molecule has 1 N–H and O–H groups in total. The number of rotatable bonds is 3. The molecule has 2 rings (SSSR count). The summed E-state index contributed by atoms with van der Waals surface area (Å²) in [7, 11) is 0. The van der Waals surface area contributed by atoms with E-state index in [0.717, 1.165) is 5.56 Å². The summed E-state index contributed by atoms with van der Waals surface area (Å²) in [5.41, 5.74) is 0.937. The highest BCUT2D eigenvalue weighted by molar-refractivity contribution is 9.10. The molecule has 4 nitrogen and oxygen atoms in total. The lowest BCUT2D eigenvalue weighted by Gasteiger charge is -2.35. The second-order valence-electron chi connectivity index (χ2n) is 4.53. The molecule has 0 bridgehead atoms. The number of aliphatic carboxylic acids is 1. The third kappa shape index (κ3) is 3.32. The molecule has 2 atom stereocenters. The smallest absolute Gasteiger partial charge is 0.334 e. The Morgan fingerprint density at radius 3 is 3.00 bits per heavy atom. The number of ether oxygens (including phenoxy) is 1. The molecule has 0 amide bonds. The van der Waals surface area contributed by atoms with Gasteiger partial charge in [0, 0.05) is 23.6 Å². The standard InChI is InChI=1S/C13H15BrFNO3/c1-8(10-3-2-9(15)6-11(10)14)16-4-5-19-12(7-16)13(17)18/h2-3,6,8,12H,4-5,7H2,1H3,(H,17,18). The maximum absolute atomic E-state index is 13.1. The average molecular weight is 332 g/mol. The quantitative estimate of drug-likeness (QED) is 0.924. The Labute approximate surface area is 119 Å².